The van der Waals surface area contributed by atoms with Gasteiger partial charge in [-0.1, -0.05) is 0 Å². The molecule has 27 heavy (non-hydrogen) atoms. The Morgan fingerprint density at radius 3 is 2.56 bits per heavy atom. The predicted octanol–water partition coefficient (Wildman–Crippen LogP) is 5.17. The second-order valence-corrected chi connectivity index (χ2v) is 7.04. The summed E-state index contributed by atoms with van der Waals surface area (Å²) in [6.07, 6.45) is 1.83. The van der Waals surface area contributed by atoms with Crippen LogP contribution in [0.1, 0.15) is 18.4 Å². The summed E-state index contributed by atoms with van der Waals surface area (Å²) < 4.78 is 40.5. The normalized spacial score (nSPS) is 16.1. The van der Waals surface area contributed by atoms with E-state index >= 15 is 0 Å². The fourth-order valence-electron chi connectivity index (χ4n) is 3.59. The minimum atomic E-state index is -4.08. The number of anilines is 3. The molecular weight excluding hydrogens is 353 g/mol. The Labute approximate surface area is 155 Å². The van der Waals surface area contributed by atoms with Crippen molar-refractivity contribution in [3.05, 3.63) is 54.5 Å². The molecular formula is C20H21F3N4. The third-order valence-electron chi connectivity index (χ3n) is 5.21. The molecule has 0 atom stereocenters. The van der Waals surface area contributed by atoms with Crippen molar-refractivity contribution < 1.29 is 13.2 Å². The standard InChI is InChI=1S/C20H21F3N4/c1-14-12-17(26-8-4-15(5-9-26)20(21,22)23)2-3-18(14)25-16-6-10-27-11-7-24-19(27)13-16/h2-3,6-7,10-13,15,25H,4-5,8-9H2,1H3. The molecule has 3 aromatic rings. The predicted molar refractivity (Wildman–Crippen MR) is 101 cm³/mol. The number of rotatable bonds is 3. The summed E-state index contributed by atoms with van der Waals surface area (Å²) >= 11 is 0. The van der Waals surface area contributed by atoms with Crippen molar-refractivity contribution in [2.45, 2.75) is 25.9 Å². The van der Waals surface area contributed by atoms with Crippen LogP contribution in [0, 0.1) is 12.8 Å². The molecule has 4 nitrogen and oxygen atoms in total. The number of nitrogens with zero attached hydrogens (tertiary/aromatic N) is 3. The first-order chi connectivity index (χ1) is 12.9. The van der Waals surface area contributed by atoms with Crippen LogP contribution in [0.2, 0.25) is 0 Å². The van der Waals surface area contributed by atoms with Crippen molar-refractivity contribution >= 4 is 22.7 Å². The number of imidazole rings is 1. The molecule has 0 aliphatic carbocycles. The lowest BCUT2D eigenvalue weighted by molar-refractivity contribution is -0.179. The van der Waals surface area contributed by atoms with Crippen LogP contribution in [0.3, 0.4) is 0 Å². The van der Waals surface area contributed by atoms with Crippen LogP contribution >= 0.6 is 0 Å². The molecule has 1 saturated heterocycles. The zero-order valence-electron chi connectivity index (χ0n) is 15.0. The lowest BCUT2D eigenvalue weighted by Gasteiger charge is -2.34. The number of fused-ring (bicyclic) bond motifs is 1. The van der Waals surface area contributed by atoms with E-state index in [9.17, 15) is 13.2 Å². The largest absolute Gasteiger partial charge is 0.391 e. The second-order valence-electron chi connectivity index (χ2n) is 7.04. The number of hydrogen-bond acceptors (Lipinski definition) is 3. The number of hydrogen-bond donors (Lipinski definition) is 1. The van der Waals surface area contributed by atoms with Gasteiger partial charge in [0.2, 0.25) is 0 Å². The molecule has 1 N–H and O–H groups in total. The Morgan fingerprint density at radius 1 is 1.07 bits per heavy atom. The van der Waals surface area contributed by atoms with Crippen LogP contribution in [0.25, 0.3) is 5.65 Å². The van der Waals surface area contributed by atoms with Crippen LogP contribution in [0.5, 0.6) is 0 Å². The van der Waals surface area contributed by atoms with Gasteiger partial charge in [-0.15, -0.1) is 0 Å². The first kappa shape index (κ1) is 17.7. The number of piperidine rings is 1. The average molecular weight is 374 g/mol. The molecule has 1 aromatic carbocycles. The van der Waals surface area contributed by atoms with Crippen LogP contribution in [0.15, 0.2) is 48.9 Å². The average Bonchev–Trinajstić information content (AvgIpc) is 3.10. The Morgan fingerprint density at radius 2 is 1.85 bits per heavy atom. The topological polar surface area (TPSA) is 32.6 Å². The SMILES string of the molecule is Cc1cc(N2CCC(C(F)(F)F)CC2)ccc1Nc1ccn2ccnc2c1. The van der Waals surface area contributed by atoms with Crippen molar-refractivity contribution in [3.63, 3.8) is 0 Å². The summed E-state index contributed by atoms with van der Waals surface area (Å²) in [5, 5.41) is 3.39. The van der Waals surface area contributed by atoms with Crippen LogP contribution in [0.4, 0.5) is 30.2 Å². The van der Waals surface area contributed by atoms with Gasteiger partial charge in [0.1, 0.15) is 5.65 Å². The maximum atomic E-state index is 12.8. The fraction of sp³-hybridized carbons (Fsp3) is 0.350. The van der Waals surface area contributed by atoms with E-state index < -0.39 is 12.1 Å². The Bertz CT molecular complexity index is 940. The van der Waals surface area contributed by atoms with Gasteiger partial charge in [0, 0.05) is 54.8 Å². The first-order valence-corrected chi connectivity index (χ1v) is 9.02. The maximum absolute atomic E-state index is 12.8. The number of aromatic nitrogens is 2. The maximum Gasteiger partial charge on any atom is 0.391 e. The number of benzene rings is 1. The number of alkyl halides is 3. The molecule has 3 heterocycles. The van der Waals surface area contributed by atoms with Crippen molar-refractivity contribution in [1.29, 1.82) is 0 Å². The van der Waals surface area contributed by atoms with E-state index in [-0.39, 0.29) is 12.8 Å². The molecule has 0 amide bonds. The van der Waals surface area contributed by atoms with Crippen LogP contribution in [-0.2, 0) is 0 Å². The minimum absolute atomic E-state index is 0.160. The highest BCUT2D eigenvalue weighted by molar-refractivity contribution is 5.68. The highest BCUT2D eigenvalue weighted by atomic mass is 19.4. The third-order valence-corrected chi connectivity index (χ3v) is 5.21. The third kappa shape index (κ3) is 3.72. The lowest BCUT2D eigenvalue weighted by Crippen LogP contribution is -2.39. The van der Waals surface area contributed by atoms with E-state index in [4.69, 9.17) is 0 Å². The molecule has 1 aliphatic heterocycles. The first-order valence-electron chi connectivity index (χ1n) is 9.02. The molecule has 0 radical (unpaired) electrons. The minimum Gasteiger partial charge on any atom is -0.371 e. The van der Waals surface area contributed by atoms with E-state index in [1.807, 2.05) is 58.9 Å². The Hall–Kier alpha value is -2.70. The van der Waals surface area contributed by atoms with Gasteiger partial charge in [0.15, 0.2) is 0 Å². The molecule has 0 bridgehead atoms. The molecule has 2 aromatic heterocycles. The van der Waals surface area contributed by atoms with Crippen LogP contribution in [-0.4, -0.2) is 28.7 Å². The van der Waals surface area contributed by atoms with Crippen molar-refractivity contribution in [3.8, 4) is 0 Å². The van der Waals surface area contributed by atoms with Crippen molar-refractivity contribution in [2.24, 2.45) is 5.92 Å². The van der Waals surface area contributed by atoms with Gasteiger partial charge in [0.25, 0.3) is 0 Å². The summed E-state index contributed by atoms with van der Waals surface area (Å²) in [7, 11) is 0. The number of pyridine rings is 1. The number of halogens is 3. The quantitative estimate of drug-likeness (QED) is 0.687. The molecule has 0 unspecified atom stereocenters. The van der Waals surface area contributed by atoms with Gasteiger partial charge >= 0.3 is 6.18 Å². The molecule has 1 fully saturated rings. The van der Waals surface area contributed by atoms with Gasteiger partial charge in [-0.25, -0.2) is 4.98 Å². The Balaban J connectivity index is 1.46. The van der Waals surface area contributed by atoms with Gasteiger partial charge in [-0.2, -0.15) is 13.2 Å². The van der Waals surface area contributed by atoms with Crippen molar-refractivity contribution in [2.75, 3.05) is 23.3 Å². The fourth-order valence-corrected chi connectivity index (χ4v) is 3.59. The summed E-state index contributed by atoms with van der Waals surface area (Å²) in [5.74, 6) is -1.17. The van der Waals surface area contributed by atoms with E-state index in [0.29, 0.717) is 13.1 Å². The zero-order chi connectivity index (χ0) is 19.0. The van der Waals surface area contributed by atoms with E-state index in [1.54, 1.807) is 6.20 Å². The van der Waals surface area contributed by atoms with Gasteiger partial charge in [0.05, 0.1) is 5.92 Å². The van der Waals surface area contributed by atoms with Gasteiger partial charge < -0.3 is 14.6 Å². The van der Waals surface area contributed by atoms with E-state index in [0.717, 1.165) is 28.3 Å². The highest BCUT2D eigenvalue weighted by Gasteiger charge is 2.41. The second kappa shape index (κ2) is 6.79. The summed E-state index contributed by atoms with van der Waals surface area (Å²) in [6.45, 7) is 2.88. The molecule has 7 heteroatoms. The highest BCUT2D eigenvalue weighted by Crippen LogP contribution is 2.36. The molecule has 1 aliphatic rings. The van der Waals surface area contributed by atoms with E-state index in [1.165, 1.54) is 0 Å². The zero-order valence-corrected chi connectivity index (χ0v) is 15.0. The van der Waals surface area contributed by atoms with Gasteiger partial charge in [-0.05, 0) is 49.6 Å². The summed E-state index contributed by atoms with van der Waals surface area (Å²) in [6, 6.07) is 9.93. The Kier molecular flexibility index (Phi) is 4.45. The smallest absolute Gasteiger partial charge is 0.371 e. The molecule has 142 valence electrons. The lowest BCUT2D eigenvalue weighted by atomic mass is 9.96. The summed E-state index contributed by atoms with van der Waals surface area (Å²) in [5.41, 5.74) is 4.80. The molecule has 0 saturated carbocycles. The molecule has 0 spiro atoms. The van der Waals surface area contributed by atoms with Gasteiger partial charge in [-0.3, -0.25) is 0 Å². The van der Waals surface area contributed by atoms with Crippen molar-refractivity contribution in [1.82, 2.24) is 9.38 Å². The number of aryl methyl sites for hydroxylation is 1. The van der Waals surface area contributed by atoms with E-state index in [2.05, 4.69) is 10.3 Å². The number of nitrogens with one attached hydrogen (secondary N) is 1. The molecule has 4 rings (SSSR count). The summed E-state index contributed by atoms with van der Waals surface area (Å²) in [4.78, 5) is 6.32. The monoisotopic (exact) mass is 374 g/mol. The van der Waals surface area contributed by atoms with Crippen LogP contribution < -0.4 is 10.2 Å².